The first-order valence-corrected chi connectivity index (χ1v) is 9.59. The van der Waals surface area contributed by atoms with Gasteiger partial charge in [-0.1, -0.05) is 12.1 Å². The molecule has 2 saturated heterocycles. The van der Waals surface area contributed by atoms with Crippen LogP contribution < -0.4 is 10.5 Å². The van der Waals surface area contributed by atoms with E-state index in [1.807, 2.05) is 12.1 Å². The van der Waals surface area contributed by atoms with E-state index < -0.39 is 0 Å². The van der Waals surface area contributed by atoms with E-state index in [1.54, 1.807) is 0 Å². The fourth-order valence-electron chi connectivity index (χ4n) is 4.14. The second kappa shape index (κ2) is 7.25. The lowest BCUT2D eigenvalue weighted by molar-refractivity contribution is 0.313. The van der Waals surface area contributed by atoms with E-state index >= 15 is 0 Å². The molecule has 1 atom stereocenters. The highest BCUT2D eigenvalue weighted by atomic mass is 16.1. The third-order valence-electron chi connectivity index (χ3n) is 5.87. The van der Waals surface area contributed by atoms with Crippen molar-refractivity contribution < 1.29 is 0 Å². The summed E-state index contributed by atoms with van der Waals surface area (Å²) in [6.07, 6.45) is 2.23. The number of pyridine rings is 1. The van der Waals surface area contributed by atoms with Crippen LogP contribution in [0.2, 0.25) is 0 Å². The monoisotopic (exact) mass is 352 g/mol. The van der Waals surface area contributed by atoms with Gasteiger partial charge in [0.25, 0.3) is 5.56 Å². The van der Waals surface area contributed by atoms with Gasteiger partial charge in [-0.15, -0.1) is 0 Å². The summed E-state index contributed by atoms with van der Waals surface area (Å²) in [6, 6.07) is 12.9. The van der Waals surface area contributed by atoms with Crippen LogP contribution in [0.15, 0.2) is 41.2 Å². The summed E-state index contributed by atoms with van der Waals surface area (Å²) >= 11 is 0. The van der Waals surface area contributed by atoms with Crippen molar-refractivity contribution in [2.75, 3.05) is 51.7 Å². The zero-order chi connectivity index (χ0) is 18.1. The van der Waals surface area contributed by atoms with E-state index in [-0.39, 0.29) is 11.6 Å². The second-order valence-electron chi connectivity index (χ2n) is 7.63. The lowest BCUT2D eigenvalue weighted by Gasteiger charge is -2.34. The van der Waals surface area contributed by atoms with E-state index in [0.717, 1.165) is 62.4 Å². The SMILES string of the molecule is CN1CCN(c2ccc(-c3ccc([C@@H]4CCCN4C)c(=O)[nH]3)cc2)CC1. The Labute approximate surface area is 155 Å². The minimum absolute atomic E-state index is 0.0457. The number of piperazine rings is 1. The van der Waals surface area contributed by atoms with Gasteiger partial charge in [-0.3, -0.25) is 9.69 Å². The molecule has 3 heterocycles. The number of benzene rings is 1. The van der Waals surface area contributed by atoms with Crippen molar-refractivity contribution in [1.82, 2.24) is 14.8 Å². The maximum Gasteiger partial charge on any atom is 0.253 e. The van der Waals surface area contributed by atoms with Gasteiger partial charge in [0.2, 0.25) is 0 Å². The average Bonchev–Trinajstić information content (AvgIpc) is 3.08. The zero-order valence-electron chi connectivity index (χ0n) is 15.7. The summed E-state index contributed by atoms with van der Waals surface area (Å²) in [5.41, 5.74) is 4.15. The Bertz CT molecular complexity index is 806. The topological polar surface area (TPSA) is 42.6 Å². The summed E-state index contributed by atoms with van der Waals surface area (Å²) in [5, 5.41) is 0. The van der Waals surface area contributed by atoms with Crippen LogP contribution in [0.1, 0.15) is 24.4 Å². The number of hydrogen-bond acceptors (Lipinski definition) is 4. The summed E-state index contributed by atoms with van der Waals surface area (Å²) in [6.45, 7) is 5.41. The number of anilines is 1. The van der Waals surface area contributed by atoms with Gasteiger partial charge >= 0.3 is 0 Å². The molecule has 0 radical (unpaired) electrons. The standard InChI is InChI=1S/C21H28N4O/c1-23-12-14-25(15-13-23)17-7-5-16(6-8-17)19-10-9-18(21(26)22-19)20-4-3-11-24(20)2/h5-10,20H,3-4,11-15H2,1-2H3,(H,22,26)/t20-/m0/s1. The Morgan fingerprint density at radius 3 is 2.27 bits per heavy atom. The van der Waals surface area contributed by atoms with Crippen LogP contribution in [-0.2, 0) is 0 Å². The number of rotatable bonds is 3. The number of nitrogens with zero attached hydrogens (tertiary/aromatic N) is 3. The van der Waals surface area contributed by atoms with Gasteiger partial charge in [-0.25, -0.2) is 0 Å². The highest BCUT2D eigenvalue weighted by molar-refractivity contribution is 5.63. The van der Waals surface area contributed by atoms with Crippen molar-refractivity contribution in [3.63, 3.8) is 0 Å². The van der Waals surface area contributed by atoms with Crippen LogP contribution in [0.25, 0.3) is 11.3 Å². The van der Waals surface area contributed by atoms with Crippen LogP contribution in [0.5, 0.6) is 0 Å². The molecular formula is C21H28N4O. The Hall–Kier alpha value is -2.11. The van der Waals surface area contributed by atoms with Crippen molar-refractivity contribution >= 4 is 5.69 Å². The van der Waals surface area contributed by atoms with Gasteiger partial charge in [0.05, 0.1) is 0 Å². The first kappa shape index (κ1) is 17.3. The van der Waals surface area contributed by atoms with E-state index in [0.29, 0.717) is 0 Å². The Balaban J connectivity index is 1.52. The number of nitrogens with one attached hydrogen (secondary N) is 1. The second-order valence-corrected chi connectivity index (χ2v) is 7.63. The zero-order valence-corrected chi connectivity index (χ0v) is 15.7. The number of H-pyrrole nitrogens is 1. The maximum atomic E-state index is 12.6. The molecule has 1 aromatic heterocycles. The Morgan fingerprint density at radius 1 is 0.923 bits per heavy atom. The number of likely N-dealkylation sites (N-methyl/N-ethyl adjacent to an activating group) is 1. The van der Waals surface area contributed by atoms with Gasteiger partial charge in [0.1, 0.15) is 0 Å². The van der Waals surface area contributed by atoms with Crippen molar-refractivity contribution in [2.24, 2.45) is 0 Å². The molecular weight excluding hydrogens is 324 g/mol. The summed E-state index contributed by atoms with van der Waals surface area (Å²) < 4.78 is 0. The van der Waals surface area contributed by atoms with Crippen LogP contribution in [0.3, 0.4) is 0 Å². The molecule has 2 aromatic rings. The first-order valence-electron chi connectivity index (χ1n) is 9.59. The lowest BCUT2D eigenvalue weighted by Crippen LogP contribution is -2.44. The molecule has 1 aromatic carbocycles. The van der Waals surface area contributed by atoms with Crippen molar-refractivity contribution in [2.45, 2.75) is 18.9 Å². The summed E-state index contributed by atoms with van der Waals surface area (Å²) in [7, 11) is 4.27. The third kappa shape index (κ3) is 3.41. The average molecular weight is 352 g/mol. The molecule has 0 bridgehead atoms. The molecule has 0 aliphatic carbocycles. The molecule has 0 saturated carbocycles. The van der Waals surface area contributed by atoms with Gasteiger partial charge in [-0.2, -0.15) is 0 Å². The first-order chi connectivity index (χ1) is 12.6. The highest BCUT2D eigenvalue weighted by Crippen LogP contribution is 2.29. The molecule has 1 N–H and O–H groups in total. The summed E-state index contributed by atoms with van der Waals surface area (Å²) in [4.78, 5) is 22.7. The van der Waals surface area contributed by atoms with E-state index in [4.69, 9.17) is 0 Å². The van der Waals surface area contributed by atoms with Crippen LogP contribution >= 0.6 is 0 Å². The van der Waals surface area contributed by atoms with Crippen LogP contribution in [0.4, 0.5) is 5.69 Å². The molecule has 0 amide bonds. The smallest absolute Gasteiger partial charge is 0.253 e. The van der Waals surface area contributed by atoms with E-state index in [9.17, 15) is 4.79 Å². The van der Waals surface area contributed by atoms with Gasteiger partial charge in [0, 0.05) is 49.2 Å². The molecule has 2 aliphatic heterocycles. The van der Waals surface area contributed by atoms with Gasteiger partial charge in [-0.05, 0) is 63.3 Å². The molecule has 2 aliphatic rings. The molecule has 5 nitrogen and oxygen atoms in total. The molecule has 0 unspecified atom stereocenters. The number of hydrogen-bond donors (Lipinski definition) is 1. The van der Waals surface area contributed by atoms with Gasteiger partial charge in [0.15, 0.2) is 0 Å². The molecule has 26 heavy (non-hydrogen) atoms. The lowest BCUT2D eigenvalue weighted by atomic mass is 10.0. The normalized spacial score (nSPS) is 22.1. The van der Waals surface area contributed by atoms with Crippen LogP contribution in [-0.4, -0.2) is 61.6 Å². The van der Waals surface area contributed by atoms with Crippen molar-refractivity contribution in [1.29, 1.82) is 0 Å². The molecule has 5 heteroatoms. The largest absolute Gasteiger partial charge is 0.369 e. The van der Waals surface area contributed by atoms with E-state index in [1.165, 1.54) is 5.69 Å². The minimum Gasteiger partial charge on any atom is -0.369 e. The summed E-state index contributed by atoms with van der Waals surface area (Å²) in [5.74, 6) is 0. The van der Waals surface area contributed by atoms with Crippen molar-refractivity contribution in [3.8, 4) is 11.3 Å². The number of likely N-dealkylation sites (tertiary alicyclic amines) is 1. The quantitative estimate of drug-likeness (QED) is 0.922. The highest BCUT2D eigenvalue weighted by Gasteiger charge is 2.24. The van der Waals surface area contributed by atoms with E-state index in [2.05, 4.69) is 58.0 Å². The predicted octanol–water partition coefficient (Wildman–Crippen LogP) is 2.56. The van der Waals surface area contributed by atoms with Gasteiger partial charge < -0.3 is 14.8 Å². The number of aromatic nitrogens is 1. The fraction of sp³-hybridized carbons (Fsp3) is 0.476. The Kier molecular flexibility index (Phi) is 4.83. The molecule has 138 valence electrons. The maximum absolute atomic E-state index is 12.6. The molecule has 0 spiro atoms. The van der Waals surface area contributed by atoms with Crippen LogP contribution in [0, 0.1) is 0 Å². The van der Waals surface area contributed by atoms with Crippen molar-refractivity contribution in [3.05, 3.63) is 52.3 Å². The minimum atomic E-state index is 0.0457. The predicted molar refractivity (Wildman–Crippen MR) is 107 cm³/mol. The third-order valence-corrected chi connectivity index (χ3v) is 5.87. The molecule has 2 fully saturated rings. The fourth-order valence-corrected chi connectivity index (χ4v) is 4.14. The Morgan fingerprint density at radius 2 is 1.65 bits per heavy atom. The molecule has 4 rings (SSSR count). The number of aromatic amines is 1.